The molecular formula is C35H32F3N3O5S. The van der Waals surface area contributed by atoms with Crippen LogP contribution in [0, 0.1) is 0 Å². The molecule has 0 saturated heterocycles. The van der Waals surface area contributed by atoms with E-state index >= 15 is 0 Å². The molecule has 0 aliphatic heterocycles. The molecule has 1 aromatic heterocycles. The van der Waals surface area contributed by atoms with E-state index < -0.39 is 42.3 Å². The summed E-state index contributed by atoms with van der Waals surface area (Å²) in [4.78, 5) is 38.5. The van der Waals surface area contributed by atoms with Crippen molar-refractivity contribution in [2.75, 3.05) is 16.8 Å². The normalized spacial score (nSPS) is 13.7. The van der Waals surface area contributed by atoms with E-state index in [9.17, 15) is 32.7 Å². The summed E-state index contributed by atoms with van der Waals surface area (Å²) in [5.41, 5.74) is 3.61. The summed E-state index contributed by atoms with van der Waals surface area (Å²) in [5, 5.41) is 26.7. The van der Waals surface area contributed by atoms with Crippen LogP contribution in [0.4, 0.5) is 29.3 Å². The molecule has 1 aliphatic rings. The Morgan fingerprint density at radius 3 is 2.28 bits per heavy atom. The van der Waals surface area contributed by atoms with Crippen molar-refractivity contribution in [2.24, 2.45) is 0 Å². The lowest BCUT2D eigenvalue weighted by molar-refractivity contribution is -0.146. The van der Waals surface area contributed by atoms with E-state index in [1.54, 1.807) is 41.1 Å². The summed E-state index contributed by atoms with van der Waals surface area (Å²) in [6.07, 6.45) is 0.0375. The molecule has 4 N–H and O–H groups in total. The number of alkyl halides is 3. The number of carbonyl (C=O) groups is 3. The number of aliphatic hydroxyl groups is 1. The molecule has 0 spiro atoms. The van der Waals surface area contributed by atoms with Gasteiger partial charge < -0.3 is 20.8 Å². The second-order valence-corrected chi connectivity index (χ2v) is 11.9. The number of hydrogen-bond donors (Lipinski definition) is 4. The highest BCUT2D eigenvalue weighted by molar-refractivity contribution is 7.08. The van der Waals surface area contributed by atoms with Crippen LogP contribution in [0.15, 0.2) is 89.6 Å². The molecule has 1 heterocycles. The lowest BCUT2D eigenvalue weighted by Gasteiger charge is -2.25. The smallest absolute Gasteiger partial charge is 0.416 e. The highest BCUT2D eigenvalue weighted by atomic mass is 32.1. The molecule has 12 heteroatoms. The number of rotatable bonds is 10. The number of amides is 3. The predicted octanol–water partition coefficient (Wildman–Crippen LogP) is 7.81. The van der Waals surface area contributed by atoms with Crippen molar-refractivity contribution in [3.63, 3.8) is 0 Å². The first kappa shape index (κ1) is 33.4. The van der Waals surface area contributed by atoms with Gasteiger partial charge in [-0.1, -0.05) is 30.3 Å². The molecule has 5 rings (SSSR count). The van der Waals surface area contributed by atoms with E-state index in [-0.39, 0.29) is 17.8 Å². The minimum Gasteiger partial charge on any atom is -0.479 e. The maximum absolute atomic E-state index is 13.8. The van der Waals surface area contributed by atoms with Gasteiger partial charge >= 0.3 is 18.2 Å². The molecule has 0 radical (unpaired) electrons. The third-order valence-corrected chi connectivity index (χ3v) is 8.43. The maximum atomic E-state index is 13.8. The molecular weight excluding hydrogens is 631 g/mol. The first-order chi connectivity index (χ1) is 22.5. The number of carboxylic acids is 1. The minimum absolute atomic E-state index is 0.0177. The molecule has 3 amide bonds. The molecule has 244 valence electrons. The lowest BCUT2D eigenvalue weighted by Crippen LogP contribution is -2.36. The van der Waals surface area contributed by atoms with E-state index in [1.165, 1.54) is 40.0 Å². The molecule has 0 fully saturated rings. The molecule has 47 heavy (non-hydrogen) atoms. The third kappa shape index (κ3) is 8.66. The fourth-order valence-electron chi connectivity index (χ4n) is 5.21. The Balaban J connectivity index is 1.42. The number of thiophene rings is 1. The summed E-state index contributed by atoms with van der Waals surface area (Å²) < 4.78 is 41.5. The first-order valence-electron chi connectivity index (χ1n) is 14.9. The quantitative estimate of drug-likeness (QED) is 0.138. The van der Waals surface area contributed by atoms with Gasteiger partial charge in [0.2, 0.25) is 0 Å². The number of carbonyl (C=O) groups excluding carboxylic acids is 2. The van der Waals surface area contributed by atoms with Crippen molar-refractivity contribution in [1.82, 2.24) is 5.32 Å². The van der Waals surface area contributed by atoms with Crippen molar-refractivity contribution in [1.29, 1.82) is 0 Å². The molecule has 0 unspecified atom stereocenters. The number of carboxylic acid groups (broad SMARTS) is 1. The number of aliphatic carboxylic acids is 1. The van der Waals surface area contributed by atoms with Crippen LogP contribution in [-0.2, 0) is 17.5 Å². The van der Waals surface area contributed by atoms with Crippen molar-refractivity contribution in [2.45, 2.75) is 44.5 Å². The van der Waals surface area contributed by atoms with Crippen LogP contribution >= 0.6 is 11.3 Å². The van der Waals surface area contributed by atoms with Crippen LogP contribution in [0.1, 0.15) is 52.7 Å². The van der Waals surface area contributed by atoms with E-state index in [1.807, 2.05) is 12.1 Å². The Kier molecular flexibility index (Phi) is 10.4. The maximum Gasteiger partial charge on any atom is 0.416 e. The number of aliphatic hydroxyl groups excluding tert-OH is 1. The predicted molar refractivity (Wildman–Crippen MR) is 175 cm³/mol. The summed E-state index contributed by atoms with van der Waals surface area (Å²) in [7, 11) is 0. The zero-order chi connectivity index (χ0) is 33.6. The Hall–Kier alpha value is -4.94. The summed E-state index contributed by atoms with van der Waals surface area (Å²) >= 11 is 1.35. The van der Waals surface area contributed by atoms with Crippen LogP contribution in [0.25, 0.3) is 16.7 Å². The molecule has 4 aromatic rings. The SMILES string of the molecule is O=C(NC[C@@H](O)C(=O)O)c1ccc(CN(C(=O)Nc2cc(-c3ccsc3)cc(C(F)(F)F)c2)c2ccc(C3=CCCCC3)cc2)cc1. The third-order valence-electron chi connectivity index (χ3n) is 7.75. The van der Waals surface area contributed by atoms with Gasteiger partial charge in [-0.3, -0.25) is 9.69 Å². The summed E-state index contributed by atoms with van der Waals surface area (Å²) in [6, 6.07) is 18.1. The molecule has 0 saturated carbocycles. The van der Waals surface area contributed by atoms with Gasteiger partial charge in [0, 0.05) is 16.9 Å². The van der Waals surface area contributed by atoms with Crippen LogP contribution in [0.5, 0.6) is 0 Å². The van der Waals surface area contributed by atoms with Gasteiger partial charge in [0.1, 0.15) is 0 Å². The fraction of sp³-hybridized carbons (Fsp3) is 0.229. The molecule has 1 aliphatic carbocycles. The van der Waals surface area contributed by atoms with Gasteiger partial charge in [-0.2, -0.15) is 24.5 Å². The zero-order valence-electron chi connectivity index (χ0n) is 25.1. The Morgan fingerprint density at radius 2 is 1.66 bits per heavy atom. The average molecular weight is 664 g/mol. The Morgan fingerprint density at radius 1 is 0.915 bits per heavy atom. The minimum atomic E-state index is -4.63. The van der Waals surface area contributed by atoms with Gasteiger partial charge in [-0.25, -0.2) is 9.59 Å². The standard InChI is InChI=1S/C35H32F3N3O5S/c36-35(37,38)28-16-27(26-14-15-47-21-26)17-29(18-28)40-34(46)41(30-12-10-24(11-13-30)23-4-2-1-3-5-23)20-22-6-8-25(9-7-22)32(43)39-19-31(42)33(44)45/h4,6-18,21,31,42H,1-3,5,19-20H2,(H,39,43)(H,40,46)(H,44,45)/t31-/m1/s1. The Labute approximate surface area is 273 Å². The van der Waals surface area contributed by atoms with Crippen LogP contribution in [0.3, 0.4) is 0 Å². The van der Waals surface area contributed by atoms with E-state index in [4.69, 9.17) is 5.11 Å². The molecule has 8 nitrogen and oxygen atoms in total. The van der Waals surface area contributed by atoms with E-state index in [2.05, 4.69) is 16.7 Å². The topological polar surface area (TPSA) is 119 Å². The molecule has 1 atom stereocenters. The van der Waals surface area contributed by atoms with Gasteiger partial charge in [0.05, 0.1) is 18.7 Å². The summed E-state index contributed by atoms with van der Waals surface area (Å²) in [5.74, 6) is -2.06. The van der Waals surface area contributed by atoms with Crippen LogP contribution < -0.4 is 15.5 Å². The van der Waals surface area contributed by atoms with E-state index in [0.29, 0.717) is 22.4 Å². The zero-order valence-corrected chi connectivity index (χ0v) is 25.9. The van der Waals surface area contributed by atoms with Crippen LogP contribution in [0.2, 0.25) is 0 Å². The van der Waals surface area contributed by atoms with Gasteiger partial charge in [-0.05, 0) is 113 Å². The average Bonchev–Trinajstić information content (AvgIpc) is 3.61. The second-order valence-electron chi connectivity index (χ2n) is 11.1. The van der Waals surface area contributed by atoms with Gasteiger partial charge in [0.25, 0.3) is 5.91 Å². The summed E-state index contributed by atoms with van der Waals surface area (Å²) in [6.45, 7) is -0.454. The monoisotopic (exact) mass is 663 g/mol. The second kappa shape index (κ2) is 14.7. The van der Waals surface area contributed by atoms with Crippen molar-refractivity contribution in [3.05, 3.63) is 112 Å². The highest BCUT2D eigenvalue weighted by Gasteiger charge is 2.32. The lowest BCUT2D eigenvalue weighted by atomic mass is 9.93. The van der Waals surface area contributed by atoms with Gasteiger partial charge in [0.15, 0.2) is 6.10 Å². The number of urea groups is 1. The van der Waals surface area contributed by atoms with Crippen LogP contribution in [-0.4, -0.2) is 40.8 Å². The number of anilines is 2. The van der Waals surface area contributed by atoms with Crippen molar-refractivity contribution in [3.8, 4) is 11.1 Å². The van der Waals surface area contributed by atoms with E-state index in [0.717, 1.165) is 43.4 Å². The number of allylic oxidation sites excluding steroid dienone is 2. The molecule has 3 aromatic carbocycles. The number of halogens is 3. The fourth-order valence-corrected chi connectivity index (χ4v) is 5.87. The van der Waals surface area contributed by atoms with Gasteiger partial charge in [-0.15, -0.1) is 0 Å². The van der Waals surface area contributed by atoms with Crippen molar-refractivity contribution < 1.29 is 37.8 Å². The number of nitrogens with one attached hydrogen (secondary N) is 2. The Bertz CT molecular complexity index is 1750. The van der Waals surface area contributed by atoms with Crippen molar-refractivity contribution >= 4 is 46.2 Å². The highest BCUT2D eigenvalue weighted by Crippen LogP contribution is 2.36. The number of nitrogens with zero attached hydrogens (tertiary/aromatic N) is 1. The number of benzene rings is 3. The largest absolute Gasteiger partial charge is 0.479 e. The number of hydrogen-bond acceptors (Lipinski definition) is 5. The first-order valence-corrected chi connectivity index (χ1v) is 15.8. The molecule has 0 bridgehead atoms.